The Morgan fingerprint density at radius 2 is 0.840 bits per heavy atom. The lowest BCUT2D eigenvalue weighted by molar-refractivity contribution is 0.668. The lowest BCUT2D eigenvalue weighted by Gasteiger charge is -2.12. The smallest absolute Gasteiger partial charge is 0.164 e. The SMILES string of the molecule is c1ccc2c(c1)ccc1ccc(-c3nc(-c4cccc5oc6ccccc6c45)nc(-c4cccc5ccc6oc7ccccc7c6c45)n3)cc12. The van der Waals surface area contributed by atoms with E-state index in [9.17, 15) is 0 Å². The van der Waals surface area contributed by atoms with Gasteiger partial charge in [0, 0.05) is 43.6 Å². The molecule has 0 atom stereocenters. The van der Waals surface area contributed by atoms with Gasteiger partial charge in [-0.1, -0.05) is 121 Å². The van der Waals surface area contributed by atoms with Crippen molar-refractivity contribution in [3.8, 4) is 34.2 Å². The van der Waals surface area contributed by atoms with Gasteiger partial charge >= 0.3 is 0 Å². The third-order valence-corrected chi connectivity index (χ3v) is 9.91. The van der Waals surface area contributed by atoms with Crippen LogP contribution in [-0.4, -0.2) is 15.0 Å². The minimum absolute atomic E-state index is 0.585. The van der Waals surface area contributed by atoms with E-state index < -0.39 is 0 Å². The molecule has 0 bridgehead atoms. The van der Waals surface area contributed by atoms with E-state index in [0.717, 1.165) is 76.7 Å². The maximum Gasteiger partial charge on any atom is 0.164 e. The summed E-state index contributed by atoms with van der Waals surface area (Å²) in [7, 11) is 0. The highest BCUT2D eigenvalue weighted by Gasteiger charge is 2.21. The quantitative estimate of drug-likeness (QED) is 0.180. The molecule has 5 heteroatoms. The van der Waals surface area contributed by atoms with E-state index in [4.69, 9.17) is 23.8 Å². The number of hydrogen-bond donors (Lipinski definition) is 0. The van der Waals surface area contributed by atoms with Crippen LogP contribution in [0.15, 0.2) is 160 Å². The van der Waals surface area contributed by atoms with Crippen LogP contribution < -0.4 is 0 Å². The molecule has 5 nitrogen and oxygen atoms in total. The van der Waals surface area contributed by atoms with Gasteiger partial charge in [-0.25, -0.2) is 15.0 Å². The van der Waals surface area contributed by atoms with Gasteiger partial charge in [0.2, 0.25) is 0 Å². The zero-order valence-corrected chi connectivity index (χ0v) is 26.6. The van der Waals surface area contributed by atoms with Crippen molar-refractivity contribution in [3.05, 3.63) is 152 Å². The molecule has 0 N–H and O–H groups in total. The Kier molecular flexibility index (Phi) is 5.60. The first-order valence-electron chi connectivity index (χ1n) is 16.7. The Labute approximate surface area is 285 Å². The van der Waals surface area contributed by atoms with Gasteiger partial charge in [-0.3, -0.25) is 0 Å². The monoisotopic (exact) mass is 639 g/mol. The standard InChI is InChI=1S/C45H25N3O2/c1-2-11-30-26(9-1)19-20-27-21-22-29(25-35(27)30)43-46-44(48-45(47-43)34-15-8-18-38-41(34)31-12-3-5-16-36(31)49-38)33-14-7-10-28-23-24-39-42(40(28)33)32-13-4-6-17-37(32)50-39/h1-25H. The van der Waals surface area contributed by atoms with Crippen LogP contribution in [-0.2, 0) is 0 Å². The Balaban J connectivity index is 1.24. The van der Waals surface area contributed by atoms with Crippen LogP contribution in [0.3, 0.4) is 0 Å². The van der Waals surface area contributed by atoms with Gasteiger partial charge in [-0.05, 0) is 57.3 Å². The van der Waals surface area contributed by atoms with Crippen LogP contribution in [0.5, 0.6) is 0 Å². The van der Waals surface area contributed by atoms with E-state index >= 15 is 0 Å². The zero-order chi connectivity index (χ0) is 32.8. The van der Waals surface area contributed by atoms with E-state index in [2.05, 4.69) is 109 Å². The van der Waals surface area contributed by atoms with Crippen LogP contribution in [0.2, 0.25) is 0 Å². The summed E-state index contributed by atoms with van der Waals surface area (Å²) in [5.41, 5.74) is 6.03. The summed E-state index contributed by atoms with van der Waals surface area (Å²) in [6.45, 7) is 0. The fourth-order valence-corrected chi connectivity index (χ4v) is 7.63. The van der Waals surface area contributed by atoms with Gasteiger partial charge in [0.15, 0.2) is 17.5 Å². The topological polar surface area (TPSA) is 65.0 Å². The number of benzene rings is 8. The summed E-state index contributed by atoms with van der Waals surface area (Å²) in [6, 6.07) is 52.2. The number of para-hydroxylation sites is 2. The molecule has 232 valence electrons. The predicted octanol–water partition coefficient (Wildman–Crippen LogP) is 12.1. The fraction of sp³-hybridized carbons (Fsp3) is 0. The molecular weight excluding hydrogens is 615 g/mol. The zero-order valence-electron chi connectivity index (χ0n) is 26.6. The summed E-state index contributed by atoms with van der Waals surface area (Å²) in [4.78, 5) is 15.8. The van der Waals surface area contributed by atoms with Crippen LogP contribution in [0.1, 0.15) is 0 Å². The molecule has 8 aromatic carbocycles. The molecule has 0 amide bonds. The van der Waals surface area contributed by atoms with Gasteiger partial charge in [0.05, 0.1) is 0 Å². The summed E-state index contributed by atoms with van der Waals surface area (Å²) >= 11 is 0. The third kappa shape index (κ3) is 3.98. The third-order valence-electron chi connectivity index (χ3n) is 9.91. The number of hydrogen-bond acceptors (Lipinski definition) is 5. The van der Waals surface area contributed by atoms with Crippen molar-refractivity contribution in [2.75, 3.05) is 0 Å². The molecule has 0 saturated heterocycles. The largest absolute Gasteiger partial charge is 0.456 e. The van der Waals surface area contributed by atoms with Crippen molar-refractivity contribution in [2.24, 2.45) is 0 Å². The Morgan fingerprint density at radius 3 is 1.62 bits per heavy atom. The molecule has 3 heterocycles. The minimum atomic E-state index is 0.585. The highest BCUT2D eigenvalue weighted by molar-refractivity contribution is 6.22. The first-order chi connectivity index (χ1) is 24.8. The highest BCUT2D eigenvalue weighted by Crippen LogP contribution is 2.41. The Morgan fingerprint density at radius 1 is 0.320 bits per heavy atom. The molecule has 0 fully saturated rings. The van der Waals surface area contributed by atoms with E-state index in [1.807, 2.05) is 42.5 Å². The molecule has 50 heavy (non-hydrogen) atoms. The second-order valence-electron chi connectivity index (χ2n) is 12.7. The van der Waals surface area contributed by atoms with E-state index in [0.29, 0.717) is 17.5 Å². The minimum Gasteiger partial charge on any atom is -0.456 e. The van der Waals surface area contributed by atoms with E-state index in [1.54, 1.807) is 0 Å². The molecule has 0 aliphatic rings. The normalized spacial score (nSPS) is 12.0. The van der Waals surface area contributed by atoms with Crippen molar-refractivity contribution < 1.29 is 8.83 Å². The maximum absolute atomic E-state index is 6.33. The van der Waals surface area contributed by atoms with Gasteiger partial charge in [0.25, 0.3) is 0 Å². The van der Waals surface area contributed by atoms with E-state index in [-0.39, 0.29) is 0 Å². The van der Waals surface area contributed by atoms with E-state index in [1.165, 1.54) is 16.2 Å². The van der Waals surface area contributed by atoms with Gasteiger partial charge < -0.3 is 8.83 Å². The van der Waals surface area contributed by atoms with Crippen LogP contribution >= 0.6 is 0 Å². The number of rotatable bonds is 3. The van der Waals surface area contributed by atoms with Crippen LogP contribution in [0.25, 0.3) is 110 Å². The van der Waals surface area contributed by atoms with Crippen LogP contribution in [0, 0.1) is 0 Å². The van der Waals surface area contributed by atoms with Gasteiger partial charge in [-0.2, -0.15) is 0 Å². The van der Waals surface area contributed by atoms with Crippen molar-refractivity contribution in [2.45, 2.75) is 0 Å². The summed E-state index contributed by atoms with van der Waals surface area (Å²) in [5.74, 6) is 1.78. The molecule has 3 aromatic heterocycles. The molecule has 0 saturated carbocycles. The Bertz CT molecular complexity index is 3170. The number of furan rings is 2. The van der Waals surface area contributed by atoms with Gasteiger partial charge in [-0.15, -0.1) is 0 Å². The Hall–Kier alpha value is -6.85. The number of aromatic nitrogens is 3. The molecule has 11 rings (SSSR count). The van der Waals surface area contributed by atoms with Crippen molar-refractivity contribution >= 4 is 76.2 Å². The average molecular weight is 640 g/mol. The molecule has 11 aromatic rings. The summed E-state index contributed by atoms with van der Waals surface area (Å²) < 4.78 is 12.6. The molecule has 0 radical (unpaired) electrons. The molecular formula is C45H25N3O2. The van der Waals surface area contributed by atoms with Gasteiger partial charge in [0.1, 0.15) is 22.3 Å². The number of nitrogens with zero attached hydrogens (tertiary/aromatic N) is 3. The summed E-state index contributed by atoms with van der Waals surface area (Å²) in [6.07, 6.45) is 0. The fourth-order valence-electron chi connectivity index (χ4n) is 7.63. The van der Waals surface area contributed by atoms with Crippen molar-refractivity contribution in [1.82, 2.24) is 15.0 Å². The molecule has 0 aliphatic heterocycles. The first-order valence-corrected chi connectivity index (χ1v) is 16.7. The van der Waals surface area contributed by atoms with Crippen molar-refractivity contribution in [1.29, 1.82) is 0 Å². The lowest BCUT2D eigenvalue weighted by Crippen LogP contribution is -2.01. The van der Waals surface area contributed by atoms with Crippen LogP contribution in [0.4, 0.5) is 0 Å². The molecule has 0 aliphatic carbocycles. The molecule has 0 unspecified atom stereocenters. The second-order valence-corrected chi connectivity index (χ2v) is 12.7. The lowest BCUT2D eigenvalue weighted by atomic mass is 9.98. The molecule has 0 spiro atoms. The summed E-state index contributed by atoms with van der Waals surface area (Å²) in [5, 5.41) is 11.0. The predicted molar refractivity (Wildman–Crippen MR) is 203 cm³/mol. The van der Waals surface area contributed by atoms with Crippen molar-refractivity contribution in [3.63, 3.8) is 0 Å². The first kappa shape index (κ1) is 27.1. The second kappa shape index (κ2) is 10.3. The number of fused-ring (bicyclic) bond motifs is 11. The highest BCUT2D eigenvalue weighted by atomic mass is 16.3. The average Bonchev–Trinajstić information content (AvgIpc) is 3.76. The maximum atomic E-state index is 6.33.